The summed E-state index contributed by atoms with van der Waals surface area (Å²) in [6.07, 6.45) is 3.37. The molecule has 0 aliphatic rings. The fourth-order valence-electron chi connectivity index (χ4n) is 1.82. The third kappa shape index (κ3) is 4.19. The topological polar surface area (TPSA) is 73.1 Å². The van der Waals surface area contributed by atoms with E-state index in [0.717, 1.165) is 12.8 Å². The average Bonchev–Trinajstić information content (AvgIpc) is 2.28. The molecule has 0 bridgehead atoms. The van der Waals surface area contributed by atoms with Crippen molar-refractivity contribution in [2.45, 2.75) is 46.0 Å². The molecule has 0 saturated heterocycles. The number of carbonyl (C=O) groups is 1. The minimum Gasteiger partial charge on any atom is -0.396 e. The van der Waals surface area contributed by atoms with Crippen molar-refractivity contribution < 1.29 is 9.90 Å². The van der Waals surface area contributed by atoms with E-state index in [2.05, 4.69) is 11.4 Å². The maximum Gasteiger partial charge on any atom is 0.240 e. The largest absolute Gasteiger partial charge is 0.396 e. The summed E-state index contributed by atoms with van der Waals surface area (Å²) < 4.78 is 0. The highest BCUT2D eigenvalue weighted by atomic mass is 16.3. The van der Waals surface area contributed by atoms with E-state index in [0.29, 0.717) is 25.8 Å². The van der Waals surface area contributed by atoms with Crippen LogP contribution in [0.3, 0.4) is 0 Å². The normalized spacial score (nSPS) is 10.9. The van der Waals surface area contributed by atoms with Crippen molar-refractivity contribution in [2.75, 3.05) is 13.2 Å². The van der Waals surface area contributed by atoms with Gasteiger partial charge in [0.05, 0.1) is 6.07 Å². The summed E-state index contributed by atoms with van der Waals surface area (Å²) >= 11 is 0. The number of hydrogen-bond donors (Lipinski definition) is 2. The van der Waals surface area contributed by atoms with E-state index in [1.807, 2.05) is 13.8 Å². The Morgan fingerprint density at radius 2 is 1.94 bits per heavy atom. The van der Waals surface area contributed by atoms with Crippen molar-refractivity contribution in [1.82, 2.24) is 5.32 Å². The van der Waals surface area contributed by atoms with Crippen LogP contribution in [-0.2, 0) is 4.79 Å². The molecular weight excluding hydrogens is 204 g/mol. The van der Waals surface area contributed by atoms with Gasteiger partial charge in [0, 0.05) is 13.2 Å². The lowest BCUT2D eigenvalue weighted by atomic mass is 9.80. The van der Waals surface area contributed by atoms with Gasteiger partial charge in [-0.3, -0.25) is 4.79 Å². The number of nitrogens with zero attached hydrogens (tertiary/aromatic N) is 1. The van der Waals surface area contributed by atoms with Crippen molar-refractivity contribution in [3.8, 4) is 6.07 Å². The second kappa shape index (κ2) is 8.12. The minimum absolute atomic E-state index is 0.0569. The van der Waals surface area contributed by atoms with Gasteiger partial charge in [0.15, 0.2) is 0 Å². The van der Waals surface area contributed by atoms with E-state index in [1.54, 1.807) is 0 Å². The Balaban J connectivity index is 4.48. The molecule has 0 fully saturated rings. The summed E-state index contributed by atoms with van der Waals surface area (Å²) in [5, 5.41) is 20.6. The zero-order chi connectivity index (χ0) is 12.4. The molecule has 0 unspecified atom stereocenters. The summed E-state index contributed by atoms with van der Waals surface area (Å²) in [5.41, 5.74) is -0.876. The van der Waals surface area contributed by atoms with Gasteiger partial charge in [-0.25, -0.2) is 0 Å². The van der Waals surface area contributed by atoms with Crippen LogP contribution in [0.4, 0.5) is 0 Å². The Bertz CT molecular complexity index is 240. The Hall–Kier alpha value is -1.08. The highest BCUT2D eigenvalue weighted by Crippen LogP contribution is 2.29. The number of hydrogen-bond acceptors (Lipinski definition) is 3. The number of rotatable bonds is 8. The molecule has 0 aliphatic carbocycles. The second-order valence-electron chi connectivity index (χ2n) is 4.03. The van der Waals surface area contributed by atoms with Gasteiger partial charge in [-0.15, -0.1) is 0 Å². The van der Waals surface area contributed by atoms with Crippen LogP contribution >= 0.6 is 0 Å². The maximum atomic E-state index is 11.9. The van der Waals surface area contributed by atoms with E-state index in [9.17, 15) is 10.1 Å². The molecule has 1 amide bonds. The number of carbonyl (C=O) groups excluding carboxylic acids is 1. The molecule has 2 N–H and O–H groups in total. The smallest absolute Gasteiger partial charge is 0.240 e. The van der Waals surface area contributed by atoms with Crippen molar-refractivity contribution in [2.24, 2.45) is 5.41 Å². The summed E-state index contributed by atoms with van der Waals surface area (Å²) in [6.45, 7) is 4.44. The van der Waals surface area contributed by atoms with Gasteiger partial charge < -0.3 is 10.4 Å². The van der Waals surface area contributed by atoms with Gasteiger partial charge in [0.25, 0.3) is 0 Å². The molecule has 0 aromatic heterocycles. The second-order valence-corrected chi connectivity index (χ2v) is 4.03. The van der Waals surface area contributed by atoms with Gasteiger partial charge in [-0.2, -0.15) is 5.26 Å². The van der Waals surface area contributed by atoms with Crippen LogP contribution in [0.5, 0.6) is 0 Å². The highest BCUT2D eigenvalue weighted by Gasteiger charge is 2.36. The molecule has 0 rings (SSSR count). The first-order chi connectivity index (χ1) is 7.66. The van der Waals surface area contributed by atoms with E-state index in [1.165, 1.54) is 0 Å². The highest BCUT2D eigenvalue weighted by molar-refractivity contribution is 5.85. The quantitative estimate of drug-likeness (QED) is 0.617. The fraction of sp³-hybridized carbons (Fsp3) is 0.833. The first-order valence-electron chi connectivity index (χ1n) is 5.97. The number of aliphatic hydroxyl groups is 1. The van der Waals surface area contributed by atoms with Crippen LogP contribution in [0, 0.1) is 16.7 Å². The summed E-state index contributed by atoms with van der Waals surface area (Å²) in [5.74, 6) is -0.188. The molecular formula is C12H22N2O2. The Morgan fingerprint density at radius 1 is 1.38 bits per heavy atom. The van der Waals surface area contributed by atoms with Crippen LogP contribution in [0.1, 0.15) is 46.0 Å². The predicted molar refractivity (Wildman–Crippen MR) is 62.6 cm³/mol. The molecule has 16 heavy (non-hydrogen) atoms. The molecule has 0 aromatic rings. The molecule has 0 atom stereocenters. The number of aliphatic hydroxyl groups excluding tert-OH is 1. The van der Waals surface area contributed by atoms with Crippen molar-refractivity contribution in [1.29, 1.82) is 5.26 Å². The lowest BCUT2D eigenvalue weighted by Gasteiger charge is -2.24. The van der Waals surface area contributed by atoms with Crippen molar-refractivity contribution in [3.63, 3.8) is 0 Å². The van der Waals surface area contributed by atoms with Gasteiger partial charge in [0.1, 0.15) is 5.41 Å². The molecule has 4 nitrogen and oxygen atoms in total. The van der Waals surface area contributed by atoms with E-state index in [4.69, 9.17) is 5.11 Å². The van der Waals surface area contributed by atoms with Crippen LogP contribution in [0.25, 0.3) is 0 Å². The zero-order valence-electron chi connectivity index (χ0n) is 10.3. The minimum atomic E-state index is -0.876. The number of nitrogens with one attached hydrogen (secondary N) is 1. The maximum absolute atomic E-state index is 11.9. The van der Waals surface area contributed by atoms with E-state index >= 15 is 0 Å². The Morgan fingerprint density at radius 3 is 2.31 bits per heavy atom. The van der Waals surface area contributed by atoms with Gasteiger partial charge in [-0.1, -0.05) is 26.7 Å². The summed E-state index contributed by atoms with van der Waals surface area (Å²) in [6, 6.07) is 2.17. The van der Waals surface area contributed by atoms with Gasteiger partial charge >= 0.3 is 0 Å². The lowest BCUT2D eigenvalue weighted by Crippen LogP contribution is -2.40. The van der Waals surface area contributed by atoms with Crippen LogP contribution in [0.2, 0.25) is 0 Å². The number of nitriles is 1. The van der Waals surface area contributed by atoms with Crippen LogP contribution < -0.4 is 5.32 Å². The van der Waals surface area contributed by atoms with E-state index in [-0.39, 0.29) is 12.5 Å². The zero-order valence-corrected chi connectivity index (χ0v) is 10.3. The Labute approximate surface area is 97.7 Å². The molecule has 0 saturated carbocycles. The summed E-state index contributed by atoms with van der Waals surface area (Å²) in [4.78, 5) is 11.9. The molecule has 0 radical (unpaired) electrons. The molecule has 0 aliphatic heterocycles. The van der Waals surface area contributed by atoms with Gasteiger partial charge in [0.2, 0.25) is 5.91 Å². The Kier molecular flexibility index (Phi) is 7.57. The average molecular weight is 226 g/mol. The van der Waals surface area contributed by atoms with Crippen molar-refractivity contribution in [3.05, 3.63) is 0 Å². The number of amides is 1. The van der Waals surface area contributed by atoms with Crippen LogP contribution in [-0.4, -0.2) is 24.2 Å². The van der Waals surface area contributed by atoms with Crippen molar-refractivity contribution >= 4 is 5.91 Å². The third-order valence-corrected chi connectivity index (χ3v) is 2.62. The third-order valence-electron chi connectivity index (χ3n) is 2.62. The van der Waals surface area contributed by atoms with E-state index < -0.39 is 5.41 Å². The lowest BCUT2D eigenvalue weighted by molar-refractivity contribution is -0.128. The first-order valence-corrected chi connectivity index (χ1v) is 5.97. The standard InChI is InChI=1S/C12H22N2O2/c1-3-6-12(10-13,7-4-2)11(16)14-8-5-9-15/h15H,3-9H2,1-2H3,(H,14,16). The first kappa shape index (κ1) is 14.9. The van der Waals surface area contributed by atoms with Crippen LogP contribution in [0.15, 0.2) is 0 Å². The molecule has 92 valence electrons. The SMILES string of the molecule is CCCC(C#N)(CCC)C(=O)NCCCO. The van der Waals surface area contributed by atoms with Gasteiger partial charge in [-0.05, 0) is 19.3 Å². The molecule has 0 aromatic carbocycles. The molecule has 4 heteroatoms. The molecule has 0 heterocycles. The monoisotopic (exact) mass is 226 g/mol. The fourth-order valence-corrected chi connectivity index (χ4v) is 1.82. The summed E-state index contributed by atoms with van der Waals surface area (Å²) in [7, 11) is 0. The molecule has 0 spiro atoms. The predicted octanol–water partition coefficient (Wildman–Crippen LogP) is 1.60.